The quantitative estimate of drug-likeness (QED) is 0.344. The molecule has 1 heterocycles. The summed E-state index contributed by atoms with van der Waals surface area (Å²) in [7, 11) is 0. The number of allylic oxidation sites excluding steroid dienone is 2. The van der Waals surface area contributed by atoms with Crippen LogP contribution in [-0.2, 0) is 19.1 Å². The Kier molecular flexibility index (Phi) is 7.53. The van der Waals surface area contributed by atoms with Crippen molar-refractivity contribution in [3.63, 3.8) is 0 Å². The van der Waals surface area contributed by atoms with E-state index in [-0.39, 0.29) is 36.3 Å². The Labute approximate surface area is 211 Å². The molecule has 1 aliphatic heterocycles. The van der Waals surface area contributed by atoms with E-state index in [1.54, 1.807) is 12.1 Å². The Hall–Kier alpha value is -2.77. The Morgan fingerprint density at radius 2 is 2.00 bits per heavy atom. The molecule has 3 aliphatic rings. The lowest BCUT2D eigenvalue weighted by molar-refractivity contribution is -0.151. The standard InChI is InChI=1S/C29H35FO6/c1-18-4-12-24-28(2,15-14-25(32)29(24,3)17-31)22(18)11-10-21-23(16-35-27(21)34)36-26(33)13-7-19-5-8-20(30)9-6-19/h5-10,13,22-25,31-32H,1,4,11-12,14-17H2,2-3H3/b13-7+,21-10+/t22-,23-,24?,25-,28+,29+/m1/s1. The Bertz CT molecular complexity index is 1080. The van der Waals surface area contributed by atoms with Crippen molar-refractivity contribution in [3.05, 3.63) is 65.5 Å². The van der Waals surface area contributed by atoms with Crippen molar-refractivity contribution >= 4 is 18.0 Å². The van der Waals surface area contributed by atoms with E-state index < -0.39 is 29.6 Å². The van der Waals surface area contributed by atoms with Crippen molar-refractivity contribution in [1.29, 1.82) is 0 Å². The number of carbonyl (C=O) groups is 2. The molecule has 194 valence electrons. The van der Waals surface area contributed by atoms with Crippen molar-refractivity contribution in [2.75, 3.05) is 13.2 Å². The smallest absolute Gasteiger partial charge is 0.337 e. The predicted molar refractivity (Wildman–Crippen MR) is 133 cm³/mol. The number of cyclic esters (lactones) is 1. The third-order valence-corrected chi connectivity index (χ3v) is 8.76. The fraction of sp³-hybridized carbons (Fsp3) is 0.517. The molecular formula is C29H35FO6. The van der Waals surface area contributed by atoms with Crippen LogP contribution in [0.4, 0.5) is 4.39 Å². The Balaban J connectivity index is 1.48. The van der Waals surface area contributed by atoms with Crippen LogP contribution >= 0.6 is 0 Å². The minimum atomic E-state index is -0.806. The minimum Gasteiger partial charge on any atom is -0.458 e. The van der Waals surface area contributed by atoms with E-state index in [9.17, 15) is 24.2 Å². The van der Waals surface area contributed by atoms with E-state index in [1.807, 2.05) is 13.0 Å². The molecule has 2 N–H and O–H groups in total. The van der Waals surface area contributed by atoms with E-state index in [0.717, 1.165) is 24.8 Å². The number of fused-ring (bicyclic) bond motifs is 1. The molecule has 1 aromatic rings. The molecule has 7 heteroatoms. The van der Waals surface area contributed by atoms with Gasteiger partial charge < -0.3 is 19.7 Å². The molecule has 0 bridgehead atoms. The van der Waals surface area contributed by atoms with Crippen LogP contribution < -0.4 is 0 Å². The highest BCUT2D eigenvalue weighted by Gasteiger charge is 2.57. The maximum absolute atomic E-state index is 13.1. The second kappa shape index (κ2) is 10.3. The number of halogens is 1. The third-order valence-electron chi connectivity index (χ3n) is 8.76. The van der Waals surface area contributed by atoms with Gasteiger partial charge in [0.05, 0.1) is 18.3 Å². The molecule has 0 spiro atoms. The van der Waals surface area contributed by atoms with Gasteiger partial charge in [0.25, 0.3) is 0 Å². The lowest BCUT2D eigenvalue weighted by Crippen LogP contribution is -2.57. The van der Waals surface area contributed by atoms with Gasteiger partial charge in [0.15, 0.2) is 6.10 Å². The van der Waals surface area contributed by atoms with Crippen molar-refractivity contribution in [2.24, 2.45) is 22.7 Å². The van der Waals surface area contributed by atoms with Crippen molar-refractivity contribution in [2.45, 2.75) is 58.2 Å². The lowest BCUT2D eigenvalue weighted by atomic mass is 9.46. The number of rotatable bonds is 6. The zero-order chi connectivity index (χ0) is 26.1. The van der Waals surface area contributed by atoms with Gasteiger partial charge in [-0.2, -0.15) is 0 Å². The third kappa shape index (κ3) is 4.91. The van der Waals surface area contributed by atoms with Crippen LogP contribution in [0.2, 0.25) is 0 Å². The number of benzene rings is 1. The number of aliphatic hydroxyl groups is 2. The largest absolute Gasteiger partial charge is 0.458 e. The van der Waals surface area contributed by atoms with Crippen LogP contribution in [0, 0.1) is 28.5 Å². The normalized spacial score (nSPS) is 35.6. The summed E-state index contributed by atoms with van der Waals surface area (Å²) in [6.07, 6.45) is 6.81. The molecule has 36 heavy (non-hydrogen) atoms. The first-order valence-electron chi connectivity index (χ1n) is 12.6. The van der Waals surface area contributed by atoms with Gasteiger partial charge in [-0.15, -0.1) is 0 Å². The number of hydrogen-bond acceptors (Lipinski definition) is 6. The molecule has 4 rings (SSSR count). The molecule has 2 saturated carbocycles. The van der Waals surface area contributed by atoms with Gasteiger partial charge in [-0.25, -0.2) is 14.0 Å². The molecule has 1 saturated heterocycles. The molecule has 0 amide bonds. The van der Waals surface area contributed by atoms with Crippen LogP contribution in [0.1, 0.15) is 51.5 Å². The molecule has 0 aromatic heterocycles. The van der Waals surface area contributed by atoms with Crippen LogP contribution in [0.3, 0.4) is 0 Å². The zero-order valence-electron chi connectivity index (χ0n) is 20.9. The molecule has 3 fully saturated rings. The average molecular weight is 499 g/mol. The van der Waals surface area contributed by atoms with Gasteiger partial charge in [0.2, 0.25) is 0 Å². The Morgan fingerprint density at radius 3 is 2.69 bits per heavy atom. The summed E-state index contributed by atoms with van der Waals surface area (Å²) in [5, 5.41) is 20.9. The van der Waals surface area contributed by atoms with E-state index >= 15 is 0 Å². The summed E-state index contributed by atoms with van der Waals surface area (Å²) in [6, 6.07) is 5.69. The van der Waals surface area contributed by atoms with Gasteiger partial charge >= 0.3 is 11.9 Å². The highest BCUT2D eigenvalue weighted by Crippen LogP contribution is 2.61. The van der Waals surface area contributed by atoms with E-state index in [1.165, 1.54) is 24.3 Å². The maximum atomic E-state index is 13.1. The monoisotopic (exact) mass is 498 g/mol. The number of aliphatic hydroxyl groups excluding tert-OH is 2. The number of esters is 2. The molecule has 0 radical (unpaired) electrons. The highest BCUT2D eigenvalue weighted by atomic mass is 19.1. The first-order valence-corrected chi connectivity index (χ1v) is 12.6. The van der Waals surface area contributed by atoms with E-state index in [2.05, 4.69) is 13.5 Å². The van der Waals surface area contributed by atoms with E-state index in [0.29, 0.717) is 24.0 Å². The van der Waals surface area contributed by atoms with Crippen LogP contribution in [0.5, 0.6) is 0 Å². The maximum Gasteiger partial charge on any atom is 0.337 e. The second-order valence-corrected chi connectivity index (χ2v) is 10.8. The topological polar surface area (TPSA) is 93.1 Å². The fourth-order valence-electron chi connectivity index (χ4n) is 6.57. The summed E-state index contributed by atoms with van der Waals surface area (Å²) in [6.45, 7) is 8.38. The molecule has 2 aliphatic carbocycles. The van der Waals surface area contributed by atoms with Crippen molar-refractivity contribution < 1.29 is 33.7 Å². The van der Waals surface area contributed by atoms with Gasteiger partial charge in [0, 0.05) is 11.5 Å². The summed E-state index contributed by atoms with van der Waals surface area (Å²) >= 11 is 0. The second-order valence-electron chi connectivity index (χ2n) is 10.8. The number of hydrogen-bond donors (Lipinski definition) is 2. The Morgan fingerprint density at radius 1 is 1.28 bits per heavy atom. The SMILES string of the molecule is C=C1CCC2[C@](C)(CO)[C@H](O)CC[C@@]2(C)[C@@H]1C/C=C1/C(=O)OC[C@H]1OC(=O)/C=C/c1ccc(F)cc1. The van der Waals surface area contributed by atoms with Gasteiger partial charge in [-0.05, 0) is 73.1 Å². The van der Waals surface area contributed by atoms with Crippen LogP contribution in [-0.4, -0.2) is 47.6 Å². The van der Waals surface area contributed by atoms with Gasteiger partial charge in [-0.1, -0.05) is 44.2 Å². The minimum absolute atomic E-state index is 0.0406. The lowest BCUT2D eigenvalue weighted by Gasteiger charge is -2.59. The molecule has 1 aromatic carbocycles. The summed E-state index contributed by atoms with van der Waals surface area (Å²) in [5.41, 5.74) is 1.30. The van der Waals surface area contributed by atoms with Gasteiger partial charge in [0.1, 0.15) is 12.4 Å². The molecule has 1 unspecified atom stereocenters. The number of carbonyl (C=O) groups excluding carboxylic acids is 2. The predicted octanol–water partition coefficient (Wildman–Crippen LogP) is 4.37. The highest BCUT2D eigenvalue weighted by molar-refractivity contribution is 5.93. The first-order chi connectivity index (χ1) is 17.1. The molecular weight excluding hydrogens is 463 g/mol. The first kappa shape index (κ1) is 26.3. The summed E-state index contributed by atoms with van der Waals surface area (Å²) in [5.74, 6) is -1.31. The fourth-order valence-corrected chi connectivity index (χ4v) is 6.57. The van der Waals surface area contributed by atoms with E-state index in [4.69, 9.17) is 9.47 Å². The van der Waals surface area contributed by atoms with Crippen molar-refractivity contribution in [1.82, 2.24) is 0 Å². The van der Waals surface area contributed by atoms with Gasteiger partial charge in [-0.3, -0.25) is 0 Å². The molecule has 6 atom stereocenters. The van der Waals surface area contributed by atoms with Crippen LogP contribution in [0.25, 0.3) is 6.08 Å². The van der Waals surface area contributed by atoms with Crippen LogP contribution in [0.15, 0.2) is 54.1 Å². The zero-order valence-corrected chi connectivity index (χ0v) is 20.9. The molecule has 6 nitrogen and oxygen atoms in total. The summed E-state index contributed by atoms with van der Waals surface area (Å²) in [4.78, 5) is 24.8. The summed E-state index contributed by atoms with van der Waals surface area (Å²) < 4.78 is 23.7. The number of ether oxygens (including phenoxy) is 2. The van der Waals surface area contributed by atoms with Crippen molar-refractivity contribution in [3.8, 4) is 0 Å². The average Bonchev–Trinajstić information content (AvgIpc) is 3.19.